The number of rotatable bonds is 6. The normalized spacial score (nSPS) is 10.8. The van der Waals surface area contributed by atoms with Gasteiger partial charge in [-0.05, 0) is 31.0 Å². The standard InChI is InChI=1S/C19H21N3O2S/c1-13-9-17(14(2)22(13)19-20-7-8-25-19)18(23)21-11-15-5-4-6-16(10-15)12-24-3/h4-10H,11-12H2,1-3H3,(H,21,23). The number of nitrogens with zero attached hydrogens (tertiary/aromatic N) is 2. The minimum atomic E-state index is -0.0759. The summed E-state index contributed by atoms with van der Waals surface area (Å²) in [6.07, 6.45) is 1.77. The van der Waals surface area contributed by atoms with Crippen LogP contribution in [-0.2, 0) is 17.9 Å². The second kappa shape index (κ2) is 7.63. The molecule has 3 rings (SSSR count). The van der Waals surface area contributed by atoms with Crippen molar-refractivity contribution in [2.45, 2.75) is 27.0 Å². The van der Waals surface area contributed by atoms with Crippen molar-refractivity contribution in [3.63, 3.8) is 0 Å². The summed E-state index contributed by atoms with van der Waals surface area (Å²) < 4.78 is 7.16. The van der Waals surface area contributed by atoms with Crippen molar-refractivity contribution < 1.29 is 9.53 Å². The molecule has 0 aliphatic rings. The van der Waals surface area contributed by atoms with Crippen LogP contribution >= 0.6 is 11.3 Å². The molecule has 25 heavy (non-hydrogen) atoms. The molecular formula is C19H21N3O2S. The number of aryl methyl sites for hydroxylation is 1. The summed E-state index contributed by atoms with van der Waals surface area (Å²) in [6.45, 7) is 4.98. The van der Waals surface area contributed by atoms with Crippen LogP contribution in [0.5, 0.6) is 0 Å². The maximum absolute atomic E-state index is 12.6. The number of hydrogen-bond acceptors (Lipinski definition) is 4. The van der Waals surface area contributed by atoms with Gasteiger partial charge >= 0.3 is 0 Å². The summed E-state index contributed by atoms with van der Waals surface area (Å²) in [6, 6.07) is 9.94. The van der Waals surface area contributed by atoms with E-state index in [1.807, 2.05) is 54.1 Å². The van der Waals surface area contributed by atoms with Gasteiger partial charge in [0.1, 0.15) is 0 Å². The van der Waals surface area contributed by atoms with Crippen molar-refractivity contribution >= 4 is 17.2 Å². The van der Waals surface area contributed by atoms with E-state index in [-0.39, 0.29) is 5.91 Å². The van der Waals surface area contributed by atoms with Gasteiger partial charge in [0.15, 0.2) is 5.13 Å². The number of hydrogen-bond donors (Lipinski definition) is 1. The zero-order valence-electron chi connectivity index (χ0n) is 14.6. The number of carbonyl (C=O) groups is 1. The molecule has 3 aromatic rings. The van der Waals surface area contributed by atoms with Gasteiger partial charge in [0.25, 0.3) is 5.91 Å². The smallest absolute Gasteiger partial charge is 0.253 e. The van der Waals surface area contributed by atoms with Crippen molar-refractivity contribution in [1.29, 1.82) is 0 Å². The van der Waals surface area contributed by atoms with Gasteiger partial charge in [-0.3, -0.25) is 9.36 Å². The summed E-state index contributed by atoms with van der Waals surface area (Å²) in [4.78, 5) is 17.0. The highest BCUT2D eigenvalue weighted by atomic mass is 32.1. The number of carbonyl (C=O) groups excluding carboxylic acids is 1. The van der Waals surface area contributed by atoms with Crippen LogP contribution in [-0.4, -0.2) is 22.6 Å². The van der Waals surface area contributed by atoms with E-state index < -0.39 is 0 Å². The van der Waals surface area contributed by atoms with Crippen LogP contribution in [0.15, 0.2) is 41.9 Å². The first-order valence-corrected chi connectivity index (χ1v) is 8.92. The van der Waals surface area contributed by atoms with Crippen molar-refractivity contribution in [3.8, 4) is 5.13 Å². The Morgan fingerprint density at radius 1 is 1.28 bits per heavy atom. The molecule has 0 atom stereocenters. The molecule has 2 heterocycles. The van der Waals surface area contributed by atoms with E-state index in [1.54, 1.807) is 24.6 Å². The molecule has 0 fully saturated rings. The monoisotopic (exact) mass is 355 g/mol. The van der Waals surface area contributed by atoms with Gasteiger partial charge in [0.2, 0.25) is 0 Å². The zero-order valence-corrected chi connectivity index (χ0v) is 15.4. The Kier molecular flexibility index (Phi) is 5.31. The first-order chi connectivity index (χ1) is 12.1. The van der Waals surface area contributed by atoms with E-state index in [9.17, 15) is 4.79 Å². The molecule has 0 radical (unpaired) electrons. The highest BCUT2D eigenvalue weighted by Crippen LogP contribution is 2.22. The van der Waals surface area contributed by atoms with Gasteiger partial charge in [-0.2, -0.15) is 0 Å². The second-order valence-corrected chi connectivity index (χ2v) is 6.74. The third kappa shape index (κ3) is 3.81. The van der Waals surface area contributed by atoms with Crippen LogP contribution < -0.4 is 5.32 Å². The van der Waals surface area contributed by atoms with Crippen LogP contribution in [0.3, 0.4) is 0 Å². The maximum Gasteiger partial charge on any atom is 0.253 e. The number of benzene rings is 1. The fourth-order valence-electron chi connectivity index (χ4n) is 2.89. The Labute approximate surface area is 151 Å². The number of nitrogens with one attached hydrogen (secondary N) is 1. The van der Waals surface area contributed by atoms with Crippen LogP contribution in [0, 0.1) is 13.8 Å². The Morgan fingerprint density at radius 3 is 2.80 bits per heavy atom. The lowest BCUT2D eigenvalue weighted by Crippen LogP contribution is -2.23. The third-order valence-electron chi connectivity index (χ3n) is 4.04. The molecule has 0 bridgehead atoms. The first-order valence-electron chi connectivity index (χ1n) is 8.04. The summed E-state index contributed by atoms with van der Waals surface area (Å²) in [5, 5.41) is 5.81. The summed E-state index contributed by atoms with van der Waals surface area (Å²) in [5.41, 5.74) is 4.73. The summed E-state index contributed by atoms with van der Waals surface area (Å²) in [5.74, 6) is -0.0759. The van der Waals surface area contributed by atoms with Crippen LogP contribution in [0.2, 0.25) is 0 Å². The zero-order chi connectivity index (χ0) is 17.8. The van der Waals surface area contributed by atoms with E-state index in [0.29, 0.717) is 18.7 Å². The molecule has 5 nitrogen and oxygen atoms in total. The number of aromatic nitrogens is 2. The molecular weight excluding hydrogens is 334 g/mol. The maximum atomic E-state index is 12.6. The van der Waals surface area contributed by atoms with Gasteiger partial charge in [-0.15, -0.1) is 11.3 Å². The molecule has 1 aromatic carbocycles. The summed E-state index contributed by atoms with van der Waals surface area (Å²) >= 11 is 1.55. The van der Waals surface area contributed by atoms with Crippen LogP contribution in [0.4, 0.5) is 0 Å². The molecule has 0 saturated heterocycles. The predicted molar refractivity (Wildman–Crippen MR) is 99.2 cm³/mol. The molecule has 130 valence electrons. The number of thiazole rings is 1. The molecule has 0 unspecified atom stereocenters. The van der Waals surface area contributed by atoms with Crippen LogP contribution in [0.1, 0.15) is 32.9 Å². The molecule has 0 aliphatic heterocycles. The molecule has 2 aromatic heterocycles. The number of ether oxygens (including phenoxy) is 1. The van der Waals surface area contributed by atoms with Gasteiger partial charge in [-0.1, -0.05) is 24.3 Å². The van der Waals surface area contributed by atoms with Gasteiger partial charge in [0.05, 0.1) is 12.2 Å². The SMILES string of the molecule is COCc1cccc(CNC(=O)c2cc(C)n(-c3nccs3)c2C)c1. The Morgan fingerprint density at radius 2 is 2.08 bits per heavy atom. The lowest BCUT2D eigenvalue weighted by atomic mass is 10.1. The van der Waals surface area contributed by atoms with Crippen molar-refractivity contribution in [3.05, 3.63) is 70.0 Å². The number of amides is 1. The molecule has 0 saturated carbocycles. The Hall–Kier alpha value is -2.44. The highest BCUT2D eigenvalue weighted by molar-refractivity contribution is 7.12. The highest BCUT2D eigenvalue weighted by Gasteiger charge is 2.17. The van der Waals surface area contributed by atoms with Crippen molar-refractivity contribution in [2.24, 2.45) is 0 Å². The topological polar surface area (TPSA) is 56.1 Å². The Bertz CT molecular complexity index is 869. The van der Waals surface area contributed by atoms with Gasteiger partial charge in [0, 0.05) is 36.6 Å². The van der Waals surface area contributed by atoms with Crippen LogP contribution in [0.25, 0.3) is 5.13 Å². The average Bonchev–Trinajstić information content (AvgIpc) is 3.21. The summed E-state index contributed by atoms with van der Waals surface area (Å²) in [7, 11) is 1.67. The largest absolute Gasteiger partial charge is 0.380 e. The molecule has 6 heteroatoms. The van der Waals surface area contributed by atoms with E-state index >= 15 is 0 Å². The minimum Gasteiger partial charge on any atom is -0.380 e. The number of methoxy groups -OCH3 is 1. The predicted octanol–water partition coefficient (Wildman–Crippen LogP) is 3.63. The fraction of sp³-hybridized carbons (Fsp3) is 0.263. The second-order valence-electron chi connectivity index (χ2n) is 5.87. The average molecular weight is 355 g/mol. The third-order valence-corrected chi connectivity index (χ3v) is 4.80. The first kappa shape index (κ1) is 17.4. The molecule has 0 spiro atoms. The van der Waals surface area contributed by atoms with E-state index in [1.165, 1.54) is 0 Å². The van der Waals surface area contributed by atoms with E-state index in [2.05, 4.69) is 10.3 Å². The molecule has 1 amide bonds. The van der Waals surface area contributed by atoms with Gasteiger partial charge in [-0.25, -0.2) is 4.98 Å². The van der Waals surface area contributed by atoms with E-state index in [4.69, 9.17) is 4.74 Å². The molecule has 1 N–H and O–H groups in total. The van der Waals surface area contributed by atoms with Crippen molar-refractivity contribution in [2.75, 3.05) is 7.11 Å². The van der Waals surface area contributed by atoms with Crippen molar-refractivity contribution in [1.82, 2.24) is 14.9 Å². The Balaban J connectivity index is 1.74. The molecule has 0 aliphatic carbocycles. The fourth-order valence-corrected chi connectivity index (χ4v) is 3.64. The quantitative estimate of drug-likeness (QED) is 0.735. The lowest BCUT2D eigenvalue weighted by molar-refractivity contribution is 0.0950. The van der Waals surface area contributed by atoms with E-state index in [0.717, 1.165) is 27.6 Å². The minimum absolute atomic E-state index is 0.0759. The van der Waals surface area contributed by atoms with Gasteiger partial charge < -0.3 is 10.1 Å². The lowest BCUT2D eigenvalue weighted by Gasteiger charge is -2.08.